The Morgan fingerprint density at radius 1 is 1.25 bits per heavy atom. The summed E-state index contributed by atoms with van der Waals surface area (Å²) in [6.45, 7) is 4.82. The lowest BCUT2D eigenvalue weighted by molar-refractivity contribution is -0.134. The second-order valence-corrected chi connectivity index (χ2v) is 3.72. The standard InChI is InChI=1S/C12H16ClFO2/c1-3-15-12(16-4-2)8-9-7-10(13)5-6-11(9)14/h5-7,12H,3-4,8H2,1-2H3. The quantitative estimate of drug-likeness (QED) is 0.716. The van der Waals surface area contributed by atoms with E-state index >= 15 is 0 Å². The van der Waals surface area contributed by atoms with E-state index in [1.807, 2.05) is 13.8 Å². The molecule has 0 atom stereocenters. The maximum atomic E-state index is 13.4. The molecule has 0 unspecified atom stereocenters. The summed E-state index contributed by atoms with van der Waals surface area (Å²) in [4.78, 5) is 0. The molecule has 0 saturated heterocycles. The molecule has 2 nitrogen and oxygen atoms in total. The molecule has 0 radical (unpaired) electrons. The molecule has 0 saturated carbocycles. The third-order valence-corrected chi connectivity index (χ3v) is 2.33. The van der Waals surface area contributed by atoms with E-state index in [0.29, 0.717) is 30.2 Å². The number of ether oxygens (including phenoxy) is 2. The molecule has 1 rings (SSSR count). The minimum absolute atomic E-state index is 0.284. The minimum Gasteiger partial charge on any atom is -0.353 e. The van der Waals surface area contributed by atoms with E-state index in [1.54, 1.807) is 6.07 Å². The molecular formula is C12H16ClFO2. The maximum absolute atomic E-state index is 13.4. The Morgan fingerprint density at radius 2 is 1.88 bits per heavy atom. The SMILES string of the molecule is CCOC(Cc1cc(Cl)ccc1F)OCC. The van der Waals surface area contributed by atoms with Crippen LogP contribution in [0.1, 0.15) is 19.4 Å². The van der Waals surface area contributed by atoms with Gasteiger partial charge in [0.15, 0.2) is 6.29 Å². The monoisotopic (exact) mass is 246 g/mol. The van der Waals surface area contributed by atoms with Gasteiger partial charge in [-0.25, -0.2) is 4.39 Å². The Morgan fingerprint density at radius 3 is 2.44 bits per heavy atom. The van der Waals surface area contributed by atoms with Gasteiger partial charge in [-0.3, -0.25) is 0 Å². The molecule has 90 valence electrons. The molecule has 0 N–H and O–H groups in total. The predicted molar refractivity (Wildman–Crippen MR) is 62.2 cm³/mol. The van der Waals surface area contributed by atoms with Crippen molar-refractivity contribution >= 4 is 11.6 Å². The Kier molecular flexibility index (Phi) is 5.74. The van der Waals surface area contributed by atoms with Crippen molar-refractivity contribution in [1.82, 2.24) is 0 Å². The number of halogens is 2. The van der Waals surface area contributed by atoms with E-state index in [1.165, 1.54) is 12.1 Å². The lowest BCUT2D eigenvalue weighted by Crippen LogP contribution is -2.20. The molecule has 16 heavy (non-hydrogen) atoms. The van der Waals surface area contributed by atoms with Crippen molar-refractivity contribution in [3.63, 3.8) is 0 Å². The van der Waals surface area contributed by atoms with Gasteiger partial charge in [-0.2, -0.15) is 0 Å². The fourth-order valence-electron chi connectivity index (χ4n) is 1.42. The Balaban J connectivity index is 2.71. The first-order chi connectivity index (χ1) is 7.67. The highest BCUT2D eigenvalue weighted by atomic mass is 35.5. The summed E-state index contributed by atoms with van der Waals surface area (Å²) in [7, 11) is 0. The summed E-state index contributed by atoms with van der Waals surface area (Å²) in [5.41, 5.74) is 0.513. The smallest absolute Gasteiger partial charge is 0.161 e. The van der Waals surface area contributed by atoms with Gasteiger partial charge in [0.25, 0.3) is 0 Å². The van der Waals surface area contributed by atoms with Crippen LogP contribution in [0.25, 0.3) is 0 Å². The van der Waals surface area contributed by atoms with Gasteiger partial charge in [-0.15, -0.1) is 0 Å². The van der Waals surface area contributed by atoms with E-state index in [-0.39, 0.29) is 5.82 Å². The second kappa shape index (κ2) is 6.84. The van der Waals surface area contributed by atoms with E-state index < -0.39 is 6.29 Å². The van der Waals surface area contributed by atoms with E-state index in [4.69, 9.17) is 21.1 Å². The number of benzene rings is 1. The zero-order valence-electron chi connectivity index (χ0n) is 9.50. The van der Waals surface area contributed by atoms with Crippen molar-refractivity contribution in [2.24, 2.45) is 0 Å². The van der Waals surface area contributed by atoms with Crippen LogP contribution in [0.15, 0.2) is 18.2 Å². The van der Waals surface area contributed by atoms with Crippen molar-refractivity contribution in [2.75, 3.05) is 13.2 Å². The molecule has 0 bridgehead atoms. The molecule has 4 heteroatoms. The molecule has 0 aliphatic heterocycles. The summed E-state index contributed by atoms with van der Waals surface area (Å²) < 4.78 is 24.1. The van der Waals surface area contributed by atoms with Crippen molar-refractivity contribution in [2.45, 2.75) is 26.6 Å². The lowest BCUT2D eigenvalue weighted by atomic mass is 10.1. The van der Waals surface area contributed by atoms with Crippen molar-refractivity contribution in [3.8, 4) is 0 Å². The normalized spacial score (nSPS) is 11.1. The number of rotatable bonds is 6. The second-order valence-electron chi connectivity index (χ2n) is 3.28. The third kappa shape index (κ3) is 4.08. The fraction of sp³-hybridized carbons (Fsp3) is 0.500. The van der Waals surface area contributed by atoms with E-state index in [0.717, 1.165) is 0 Å². The van der Waals surface area contributed by atoms with Crippen molar-refractivity contribution < 1.29 is 13.9 Å². The van der Waals surface area contributed by atoms with Gasteiger partial charge in [-0.1, -0.05) is 11.6 Å². The lowest BCUT2D eigenvalue weighted by Gasteiger charge is -2.17. The molecule has 0 amide bonds. The first-order valence-electron chi connectivity index (χ1n) is 5.34. The van der Waals surface area contributed by atoms with Gasteiger partial charge in [-0.05, 0) is 37.6 Å². The largest absolute Gasteiger partial charge is 0.353 e. The molecule has 1 aromatic carbocycles. The van der Waals surface area contributed by atoms with Gasteiger partial charge in [0.05, 0.1) is 0 Å². The molecule has 0 aliphatic rings. The van der Waals surface area contributed by atoms with Crippen LogP contribution in [0.4, 0.5) is 4.39 Å². The van der Waals surface area contributed by atoms with E-state index in [2.05, 4.69) is 0 Å². The van der Waals surface area contributed by atoms with Crippen LogP contribution in [0.2, 0.25) is 5.02 Å². The van der Waals surface area contributed by atoms with Crippen molar-refractivity contribution in [3.05, 3.63) is 34.6 Å². The highest BCUT2D eigenvalue weighted by Gasteiger charge is 2.12. The Bertz CT molecular complexity index is 325. The predicted octanol–water partition coefficient (Wildman–Crippen LogP) is 3.42. The van der Waals surface area contributed by atoms with Crippen LogP contribution in [0.5, 0.6) is 0 Å². The summed E-state index contributed by atoms with van der Waals surface area (Å²) >= 11 is 5.81. The average molecular weight is 247 g/mol. The van der Waals surface area contributed by atoms with Gasteiger partial charge < -0.3 is 9.47 Å². The fourth-order valence-corrected chi connectivity index (χ4v) is 1.61. The first-order valence-corrected chi connectivity index (χ1v) is 5.72. The van der Waals surface area contributed by atoms with E-state index in [9.17, 15) is 4.39 Å². The minimum atomic E-state index is -0.414. The van der Waals surface area contributed by atoms with Crippen LogP contribution >= 0.6 is 11.6 Å². The topological polar surface area (TPSA) is 18.5 Å². The Hall–Kier alpha value is -0.640. The summed E-state index contributed by atoms with van der Waals surface area (Å²) in [6.07, 6.45) is -0.0448. The summed E-state index contributed by atoms with van der Waals surface area (Å²) in [5, 5.41) is 0.517. The summed E-state index contributed by atoms with van der Waals surface area (Å²) in [6, 6.07) is 4.48. The summed E-state index contributed by atoms with van der Waals surface area (Å²) in [5.74, 6) is -0.284. The van der Waals surface area contributed by atoms with Gasteiger partial charge in [0, 0.05) is 24.7 Å². The Labute approximate surface area is 100 Å². The zero-order chi connectivity index (χ0) is 12.0. The van der Waals surface area contributed by atoms with Crippen molar-refractivity contribution in [1.29, 1.82) is 0 Å². The molecule has 0 spiro atoms. The maximum Gasteiger partial charge on any atom is 0.161 e. The molecule has 1 aromatic rings. The van der Waals surface area contributed by atoms with Gasteiger partial charge in [0.1, 0.15) is 5.82 Å². The van der Waals surface area contributed by atoms with Crippen LogP contribution in [0.3, 0.4) is 0 Å². The average Bonchev–Trinajstić information content (AvgIpc) is 2.24. The third-order valence-electron chi connectivity index (χ3n) is 2.10. The molecule has 0 aliphatic carbocycles. The van der Waals surface area contributed by atoms with Gasteiger partial charge >= 0.3 is 0 Å². The molecule has 0 aromatic heterocycles. The molecule has 0 fully saturated rings. The van der Waals surface area contributed by atoms with Crippen LogP contribution in [0, 0.1) is 5.82 Å². The highest BCUT2D eigenvalue weighted by Crippen LogP contribution is 2.17. The number of hydrogen-bond acceptors (Lipinski definition) is 2. The van der Waals surface area contributed by atoms with Crippen LogP contribution in [-0.2, 0) is 15.9 Å². The van der Waals surface area contributed by atoms with Crippen LogP contribution < -0.4 is 0 Å². The molecule has 0 heterocycles. The van der Waals surface area contributed by atoms with Gasteiger partial charge in [0.2, 0.25) is 0 Å². The number of hydrogen-bond donors (Lipinski definition) is 0. The molecular weight excluding hydrogens is 231 g/mol. The highest BCUT2D eigenvalue weighted by molar-refractivity contribution is 6.30. The zero-order valence-corrected chi connectivity index (χ0v) is 10.3. The first kappa shape index (κ1) is 13.4. The van der Waals surface area contributed by atoms with Crippen LogP contribution in [-0.4, -0.2) is 19.5 Å².